The fourth-order valence-electron chi connectivity index (χ4n) is 3.82. The quantitative estimate of drug-likeness (QED) is 0.346. The van der Waals surface area contributed by atoms with Crippen molar-refractivity contribution in [3.63, 3.8) is 0 Å². The summed E-state index contributed by atoms with van der Waals surface area (Å²) in [7, 11) is 0. The van der Waals surface area contributed by atoms with Crippen LogP contribution in [0, 0.1) is 13.8 Å². The number of rotatable bonds is 9. The summed E-state index contributed by atoms with van der Waals surface area (Å²) in [6.45, 7) is 9.28. The van der Waals surface area contributed by atoms with Gasteiger partial charge in [0.2, 0.25) is 0 Å². The second kappa shape index (κ2) is 9.17. The minimum atomic E-state index is -0.182. The van der Waals surface area contributed by atoms with Crippen molar-refractivity contribution < 1.29 is 9.53 Å². The first-order valence-corrected chi connectivity index (χ1v) is 10.5. The minimum Gasteiger partial charge on any atom is -0.466 e. The van der Waals surface area contributed by atoms with Gasteiger partial charge in [0.05, 0.1) is 24.4 Å². The van der Waals surface area contributed by atoms with E-state index in [1.165, 1.54) is 16.7 Å². The van der Waals surface area contributed by atoms with E-state index in [0.717, 1.165) is 47.5 Å². The first-order chi connectivity index (χ1) is 13.9. The summed E-state index contributed by atoms with van der Waals surface area (Å²) >= 11 is 0. The van der Waals surface area contributed by atoms with Gasteiger partial charge in [-0.15, -0.1) is 0 Å². The lowest BCUT2D eigenvalue weighted by Gasteiger charge is -2.23. The minimum absolute atomic E-state index is 0.0837. The van der Waals surface area contributed by atoms with Crippen molar-refractivity contribution >= 4 is 17.3 Å². The number of carbonyl (C=O) groups excluding carboxylic acids is 1. The molecule has 1 atom stereocenters. The van der Waals surface area contributed by atoms with E-state index in [-0.39, 0.29) is 11.9 Å². The number of allylic oxidation sites excluding steroid dienone is 2. The number of esters is 1. The van der Waals surface area contributed by atoms with E-state index in [9.17, 15) is 4.79 Å². The van der Waals surface area contributed by atoms with Crippen LogP contribution in [0.1, 0.15) is 60.4 Å². The summed E-state index contributed by atoms with van der Waals surface area (Å²) in [5.41, 5.74) is 15.4. The zero-order valence-electron chi connectivity index (χ0n) is 18.0. The average Bonchev–Trinajstić information content (AvgIpc) is 3.50. The number of aryl methyl sites for hydroxylation is 1. The molecule has 2 aromatic carbocycles. The Morgan fingerprint density at radius 1 is 1.21 bits per heavy atom. The molecule has 3 N–H and O–H groups in total. The van der Waals surface area contributed by atoms with Gasteiger partial charge in [-0.3, -0.25) is 4.79 Å². The molecule has 154 valence electrons. The predicted molar refractivity (Wildman–Crippen MR) is 120 cm³/mol. The molecule has 0 spiro atoms. The van der Waals surface area contributed by atoms with Crippen LogP contribution < -0.4 is 11.1 Å². The molecule has 0 amide bonds. The predicted octanol–water partition coefficient (Wildman–Crippen LogP) is 5.28. The molecule has 0 unspecified atom stereocenters. The Balaban J connectivity index is 2.02. The standard InChI is InChI=1S/C25H32N2O2/c1-5-27-23-12-11-21(17(4)25(23)26)22(15-24(28)29-6-2)19-10-7-16(3)20(14-19)13-18-8-9-18/h7-8,10-12,14,22,27H,5-6,9,13,15,26H2,1-4H3/t22-/m0/s1. The van der Waals surface area contributed by atoms with Gasteiger partial charge in [-0.1, -0.05) is 35.9 Å². The highest BCUT2D eigenvalue weighted by Crippen LogP contribution is 2.37. The van der Waals surface area contributed by atoms with Crippen LogP contribution in [0.2, 0.25) is 0 Å². The zero-order chi connectivity index (χ0) is 21.0. The lowest BCUT2D eigenvalue weighted by atomic mass is 9.83. The van der Waals surface area contributed by atoms with Crippen LogP contribution in [0.5, 0.6) is 0 Å². The molecule has 0 aromatic heterocycles. The molecule has 0 bridgehead atoms. The fraction of sp³-hybridized carbons (Fsp3) is 0.400. The molecule has 1 aliphatic rings. The average molecular weight is 393 g/mol. The number of nitrogen functional groups attached to an aromatic ring is 1. The molecule has 0 aliphatic heterocycles. The Morgan fingerprint density at radius 2 is 1.97 bits per heavy atom. The van der Waals surface area contributed by atoms with E-state index in [1.54, 1.807) is 0 Å². The van der Waals surface area contributed by atoms with Gasteiger partial charge in [-0.2, -0.15) is 0 Å². The molecule has 0 saturated heterocycles. The lowest BCUT2D eigenvalue weighted by molar-refractivity contribution is -0.143. The van der Waals surface area contributed by atoms with Crippen LogP contribution in [0.15, 0.2) is 42.0 Å². The number of hydrogen-bond acceptors (Lipinski definition) is 4. The molecule has 4 nitrogen and oxygen atoms in total. The molecule has 0 radical (unpaired) electrons. The van der Waals surface area contributed by atoms with Crippen molar-refractivity contribution in [3.05, 3.63) is 69.8 Å². The third-order valence-corrected chi connectivity index (χ3v) is 5.66. The van der Waals surface area contributed by atoms with E-state index in [4.69, 9.17) is 10.5 Å². The van der Waals surface area contributed by atoms with Crippen LogP contribution >= 0.6 is 0 Å². The van der Waals surface area contributed by atoms with Crippen molar-refractivity contribution in [1.82, 2.24) is 0 Å². The van der Waals surface area contributed by atoms with Crippen molar-refractivity contribution in [2.45, 2.75) is 52.9 Å². The maximum Gasteiger partial charge on any atom is 0.306 e. The van der Waals surface area contributed by atoms with Crippen LogP contribution in [-0.4, -0.2) is 19.1 Å². The van der Waals surface area contributed by atoms with Gasteiger partial charge in [-0.25, -0.2) is 0 Å². The van der Waals surface area contributed by atoms with Gasteiger partial charge in [-0.05, 0) is 74.4 Å². The summed E-state index contributed by atoms with van der Waals surface area (Å²) in [4.78, 5) is 12.4. The zero-order valence-corrected chi connectivity index (χ0v) is 18.0. The van der Waals surface area contributed by atoms with Crippen molar-refractivity contribution in [1.29, 1.82) is 0 Å². The number of hydrogen-bond donors (Lipinski definition) is 2. The largest absolute Gasteiger partial charge is 0.466 e. The van der Waals surface area contributed by atoms with Gasteiger partial charge in [0.1, 0.15) is 0 Å². The van der Waals surface area contributed by atoms with E-state index in [1.807, 2.05) is 19.9 Å². The monoisotopic (exact) mass is 392 g/mol. The second-order valence-electron chi connectivity index (χ2n) is 7.76. The maximum absolute atomic E-state index is 12.4. The molecule has 0 heterocycles. The number of benzene rings is 2. The highest BCUT2D eigenvalue weighted by Gasteiger charge is 2.23. The lowest BCUT2D eigenvalue weighted by Crippen LogP contribution is -2.14. The summed E-state index contributed by atoms with van der Waals surface area (Å²) in [6, 6.07) is 10.7. The molecule has 29 heavy (non-hydrogen) atoms. The van der Waals surface area contributed by atoms with E-state index in [0.29, 0.717) is 13.0 Å². The van der Waals surface area contributed by atoms with Gasteiger partial charge >= 0.3 is 5.97 Å². The van der Waals surface area contributed by atoms with E-state index in [2.05, 4.69) is 49.5 Å². The first kappa shape index (κ1) is 21.0. The van der Waals surface area contributed by atoms with Gasteiger partial charge in [0.25, 0.3) is 0 Å². The highest BCUT2D eigenvalue weighted by molar-refractivity contribution is 5.75. The number of carbonyl (C=O) groups is 1. The van der Waals surface area contributed by atoms with Crippen LogP contribution in [-0.2, 0) is 16.0 Å². The Morgan fingerprint density at radius 3 is 2.62 bits per heavy atom. The molecular weight excluding hydrogens is 360 g/mol. The highest BCUT2D eigenvalue weighted by atomic mass is 16.5. The van der Waals surface area contributed by atoms with Gasteiger partial charge in [0, 0.05) is 12.5 Å². The third-order valence-electron chi connectivity index (χ3n) is 5.66. The Kier molecular flexibility index (Phi) is 6.63. The molecule has 0 saturated carbocycles. The van der Waals surface area contributed by atoms with Crippen molar-refractivity contribution in [2.24, 2.45) is 0 Å². The molecule has 2 aromatic rings. The molecule has 4 heteroatoms. The number of nitrogens with two attached hydrogens (primary N) is 1. The Bertz CT molecular complexity index is 931. The molecule has 0 fully saturated rings. The summed E-state index contributed by atoms with van der Waals surface area (Å²) < 4.78 is 5.28. The summed E-state index contributed by atoms with van der Waals surface area (Å²) in [6.07, 6.45) is 4.69. The number of nitrogens with one attached hydrogen (secondary N) is 1. The topological polar surface area (TPSA) is 64.3 Å². The maximum atomic E-state index is 12.4. The fourth-order valence-corrected chi connectivity index (χ4v) is 3.82. The van der Waals surface area contributed by atoms with Crippen LogP contribution in [0.4, 0.5) is 11.4 Å². The molecular formula is C25H32N2O2. The summed E-state index contributed by atoms with van der Waals surface area (Å²) in [5, 5.41) is 3.31. The normalized spacial score (nSPS) is 13.6. The van der Waals surface area contributed by atoms with Gasteiger partial charge < -0.3 is 15.8 Å². The van der Waals surface area contributed by atoms with Crippen molar-refractivity contribution in [2.75, 3.05) is 24.2 Å². The SMILES string of the molecule is CCNc1ccc([C@@H](CC(=O)OCC)c2ccc(C)c(CC3=CC3)c2)c(C)c1N. The first-order valence-electron chi connectivity index (χ1n) is 10.5. The third kappa shape index (κ3) is 5.00. The second-order valence-corrected chi connectivity index (χ2v) is 7.76. The number of ether oxygens (including phenoxy) is 1. The van der Waals surface area contributed by atoms with Crippen molar-refractivity contribution in [3.8, 4) is 0 Å². The van der Waals surface area contributed by atoms with E-state index < -0.39 is 0 Å². The van der Waals surface area contributed by atoms with E-state index >= 15 is 0 Å². The smallest absolute Gasteiger partial charge is 0.306 e. The Hall–Kier alpha value is -2.75. The number of anilines is 2. The molecule has 1 aliphatic carbocycles. The van der Waals surface area contributed by atoms with Gasteiger partial charge in [0.15, 0.2) is 0 Å². The van der Waals surface area contributed by atoms with Crippen LogP contribution in [0.25, 0.3) is 0 Å². The molecule has 3 rings (SSSR count). The summed E-state index contributed by atoms with van der Waals surface area (Å²) in [5.74, 6) is -0.266. The van der Waals surface area contributed by atoms with Crippen LogP contribution in [0.3, 0.4) is 0 Å². The Labute approximate surface area is 174 Å².